The first-order chi connectivity index (χ1) is 7.56. The Morgan fingerprint density at radius 2 is 2.00 bits per heavy atom. The second-order valence-corrected chi connectivity index (χ2v) is 7.49. The fourth-order valence-corrected chi connectivity index (χ4v) is 4.12. The van der Waals surface area contributed by atoms with E-state index in [0.29, 0.717) is 0 Å². The Morgan fingerprint density at radius 3 is 2.56 bits per heavy atom. The molecule has 0 bridgehead atoms. The van der Waals surface area contributed by atoms with Gasteiger partial charge in [0.15, 0.2) is 0 Å². The average Bonchev–Trinajstić information content (AvgIpc) is 2.28. The van der Waals surface area contributed by atoms with E-state index >= 15 is 0 Å². The molecule has 0 aliphatic rings. The van der Waals surface area contributed by atoms with Crippen molar-refractivity contribution in [3.05, 3.63) is 41.6 Å². The molecule has 0 saturated heterocycles. The Balaban J connectivity index is 3.01. The number of hydrogen-bond donors (Lipinski definition) is 0. The molecule has 1 aromatic carbocycles. The maximum atomic E-state index is 12.0. The van der Waals surface area contributed by atoms with E-state index in [0.717, 1.165) is 14.9 Å². The van der Waals surface area contributed by atoms with Crippen molar-refractivity contribution in [1.82, 2.24) is 4.90 Å². The van der Waals surface area contributed by atoms with Crippen LogP contribution >= 0.6 is 12.8 Å². The van der Waals surface area contributed by atoms with Crippen molar-refractivity contribution in [3.8, 4) is 0 Å². The predicted octanol–water partition coefficient (Wildman–Crippen LogP) is 1.97. The van der Waals surface area contributed by atoms with Gasteiger partial charge in [-0.15, -0.1) is 0 Å². The number of carbonyl (C=O) groups is 1. The molecule has 0 amide bonds. The number of halogens is 1. The van der Waals surface area contributed by atoms with Gasteiger partial charge < -0.3 is 0 Å². The van der Waals surface area contributed by atoms with Crippen molar-refractivity contribution >= 4 is 40.9 Å². The first-order valence-electron chi connectivity index (χ1n) is 4.84. The van der Waals surface area contributed by atoms with E-state index in [2.05, 4.69) is 12.8 Å². The van der Waals surface area contributed by atoms with Gasteiger partial charge in [0.05, 0.1) is 0 Å². The Labute approximate surface area is 113 Å². The molecule has 86 valence electrons. The van der Waals surface area contributed by atoms with Crippen LogP contribution in [-0.2, 0) is 0 Å². The zero-order valence-electron chi connectivity index (χ0n) is 9.53. The summed E-state index contributed by atoms with van der Waals surface area (Å²) in [5.74, 6) is 0.0892. The number of hydrogen-bond acceptors (Lipinski definition) is 2. The van der Waals surface area contributed by atoms with Gasteiger partial charge in [0.1, 0.15) is 0 Å². The van der Waals surface area contributed by atoms with E-state index in [4.69, 9.17) is 0 Å². The van der Waals surface area contributed by atoms with E-state index < -0.39 is 18.7 Å². The number of allylic oxidation sites excluding steroid dienone is 2. The van der Waals surface area contributed by atoms with Crippen LogP contribution < -0.4 is 3.61 Å². The minimum atomic E-state index is -0.409. The maximum absolute atomic E-state index is 12.0. The summed E-state index contributed by atoms with van der Waals surface area (Å²) in [6.45, 7) is 1.94. The zero-order chi connectivity index (χ0) is 12.1. The molecule has 1 rings (SSSR count). The fourth-order valence-electron chi connectivity index (χ4n) is 1.13. The van der Waals surface area contributed by atoms with E-state index in [1.54, 1.807) is 6.08 Å². The molecule has 0 spiro atoms. The number of rotatable bonds is 4. The molecular formula is C12H14BrNOTe. The molecule has 16 heavy (non-hydrogen) atoms. The molecule has 0 aliphatic carbocycles. The summed E-state index contributed by atoms with van der Waals surface area (Å²) in [7, 11) is 3.87. The van der Waals surface area contributed by atoms with E-state index in [1.165, 1.54) is 0 Å². The summed E-state index contributed by atoms with van der Waals surface area (Å²) >= 11 is 3.11. The molecule has 4 heteroatoms. The molecule has 0 heterocycles. The Morgan fingerprint density at radius 1 is 1.38 bits per heavy atom. The van der Waals surface area contributed by atoms with Gasteiger partial charge in [-0.05, 0) is 0 Å². The monoisotopic (exact) mass is 397 g/mol. The van der Waals surface area contributed by atoms with Crippen LogP contribution in [0.3, 0.4) is 0 Å². The van der Waals surface area contributed by atoms with E-state index in [-0.39, 0.29) is 5.78 Å². The van der Waals surface area contributed by atoms with Gasteiger partial charge in [0.25, 0.3) is 0 Å². The molecular weight excluding hydrogens is 382 g/mol. The van der Waals surface area contributed by atoms with Crippen molar-refractivity contribution in [2.45, 2.75) is 6.92 Å². The summed E-state index contributed by atoms with van der Waals surface area (Å²) in [4.78, 5) is 14.0. The first kappa shape index (κ1) is 13.8. The molecule has 0 atom stereocenters. The van der Waals surface area contributed by atoms with Crippen molar-refractivity contribution in [2.24, 2.45) is 0 Å². The van der Waals surface area contributed by atoms with Gasteiger partial charge in [0.2, 0.25) is 0 Å². The van der Waals surface area contributed by atoms with Gasteiger partial charge in [-0.2, -0.15) is 0 Å². The Hall–Kier alpha value is -0.300. The van der Waals surface area contributed by atoms with Gasteiger partial charge in [-0.1, -0.05) is 0 Å². The van der Waals surface area contributed by atoms with Crippen LogP contribution in [0.1, 0.15) is 17.3 Å². The van der Waals surface area contributed by atoms with Crippen molar-refractivity contribution < 1.29 is 4.79 Å². The number of ketones is 1. The Bertz CT molecular complexity index is 415. The van der Waals surface area contributed by atoms with E-state index in [9.17, 15) is 4.79 Å². The molecule has 0 radical (unpaired) electrons. The normalized spacial score (nSPS) is 11.4. The second kappa shape index (κ2) is 6.44. The van der Waals surface area contributed by atoms with Crippen LogP contribution in [0, 0.1) is 0 Å². The van der Waals surface area contributed by atoms with Crippen LogP contribution in [0.5, 0.6) is 0 Å². The second-order valence-electron chi connectivity index (χ2n) is 3.62. The SMILES string of the molecule is C/C(=C\C(=O)c1ccccc1[Te]Br)N(C)C. The molecule has 0 aromatic heterocycles. The third-order valence-electron chi connectivity index (χ3n) is 2.28. The molecule has 0 unspecified atom stereocenters. The summed E-state index contributed by atoms with van der Waals surface area (Å²) in [5, 5.41) is 0. The molecule has 0 N–H and O–H groups in total. The molecule has 0 aliphatic heterocycles. The summed E-state index contributed by atoms with van der Waals surface area (Å²) < 4.78 is 1.15. The fraction of sp³-hybridized carbons (Fsp3) is 0.250. The van der Waals surface area contributed by atoms with E-state index in [1.807, 2.05) is 50.2 Å². The topological polar surface area (TPSA) is 20.3 Å². The standard InChI is InChI=1S/C12H14BrNOTe/c1-9(14(2)3)8-11(15)10-6-4-5-7-12(10)16-13/h4-8H,1-3H3/b9-8+. The molecule has 1 aromatic rings. The first-order valence-corrected chi connectivity index (χ1v) is 11.2. The van der Waals surface area contributed by atoms with Crippen LogP contribution in [0.4, 0.5) is 0 Å². The van der Waals surface area contributed by atoms with Gasteiger partial charge >= 0.3 is 113 Å². The average molecular weight is 396 g/mol. The number of carbonyl (C=O) groups excluding carboxylic acids is 1. The summed E-state index contributed by atoms with van der Waals surface area (Å²) in [5.41, 5.74) is 1.79. The van der Waals surface area contributed by atoms with Crippen LogP contribution in [0.2, 0.25) is 0 Å². The number of benzene rings is 1. The third-order valence-corrected chi connectivity index (χ3v) is 6.11. The number of nitrogens with zero attached hydrogens (tertiary/aromatic N) is 1. The van der Waals surface area contributed by atoms with Crippen LogP contribution in [-0.4, -0.2) is 43.5 Å². The van der Waals surface area contributed by atoms with Crippen LogP contribution in [0.15, 0.2) is 36.0 Å². The Kier molecular flexibility index (Phi) is 5.54. The van der Waals surface area contributed by atoms with Crippen molar-refractivity contribution in [2.75, 3.05) is 14.1 Å². The zero-order valence-corrected chi connectivity index (χ0v) is 13.4. The van der Waals surface area contributed by atoms with Crippen molar-refractivity contribution in [1.29, 1.82) is 0 Å². The molecule has 2 nitrogen and oxygen atoms in total. The van der Waals surface area contributed by atoms with Crippen molar-refractivity contribution in [3.63, 3.8) is 0 Å². The quantitative estimate of drug-likeness (QED) is 0.441. The van der Waals surface area contributed by atoms with Gasteiger partial charge in [-0.25, -0.2) is 0 Å². The predicted molar refractivity (Wildman–Crippen MR) is 72.5 cm³/mol. The summed E-state index contributed by atoms with van der Waals surface area (Å²) in [6, 6.07) is 7.79. The molecule has 0 fully saturated rings. The van der Waals surface area contributed by atoms with Crippen LogP contribution in [0.25, 0.3) is 0 Å². The third kappa shape index (κ3) is 3.62. The molecule has 0 saturated carbocycles. The van der Waals surface area contributed by atoms with Gasteiger partial charge in [0, 0.05) is 0 Å². The summed E-state index contributed by atoms with van der Waals surface area (Å²) in [6.07, 6.45) is 1.69. The van der Waals surface area contributed by atoms with Gasteiger partial charge in [-0.3, -0.25) is 0 Å². The minimum absolute atomic E-state index is 0.0892.